The Morgan fingerprint density at radius 1 is 1.04 bits per heavy atom. The van der Waals surface area contributed by atoms with Gasteiger partial charge in [-0.3, -0.25) is 9.59 Å². The third-order valence-electron chi connectivity index (χ3n) is 3.80. The Balaban J connectivity index is 1.86. The van der Waals surface area contributed by atoms with Crippen molar-refractivity contribution >= 4 is 34.8 Å². The van der Waals surface area contributed by atoms with Crippen LogP contribution in [0.3, 0.4) is 0 Å². The van der Waals surface area contributed by atoms with E-state index in [9.17, 15) is 14.0 Å². The molecule has 26 heavy (non-hydrogen) atoms. The van der Waals surface area contributed by atoms with Crippen LogP contribution in [0.1, 0.15) is 12.5 Å². The summed E-state index contributed by atoms with van der Waals surface area (Å²) in [6.45, 7) is 2.17. The summed E-state index contributed by atoms with van der Waals surface area (Å²) in [5, 5.41) is 5.61. The average molecular weight is 379 g/mol. The summed E-state index contributed by atoms with van der Waals surface area (Å²) in [6.07, 6.45) is 0.814. The number of rotatable bonds is 7. The van der Waals surface area contributed by atoms with Crippen molar-refractivity contribution in [3.63, 3.8) is 0 Å². The van der Waals surface area contributed by atoms with Crippen LogP contribution in [0, 0.1) is 5.82 Å². The Labute approximate surface area is 157 Å². The monoisotopic (exact) mass is 378 g/mol. The molecule has 2 rings (SSSR count). The van der Waals surface area contributed by atoms with E-state index in [4.69, 9.17) is 11.6 Å². The molecule has 0 aliphatic carbocycles. The first-order valence-electron chi connectivity index (χ1n) is 8.33. The van der Waals surface area contributed by atoms with Crippen molar-refractivity contribution in [2.45, 2.75) is 13.3 Å². The second kappa shape index (κ2) is 9.31. The number of carbonyl (C=O) groups is 2. The topological polar surface area (TPSA) is 62.6 Å². The number of aryl methyl sites for hydroxylation is 1. The van der Waals surface area contributed by atoms with Crippen molar-refractivity contribution in [3.8, 4) is 0 Å². The largest absolute Gasteiger partial charge is 0.322 e. The lowest BCUT2D eigenvalue weighted by molar-refractivity contribution is -0.862. The SMILES string of the molecule is CCc1ccccc1NC(=O)C[NH+](C)CC(=O)Nc1ccc(Cl)cc1F. The molecular weight excluding hydrogens is 357 g/mol. The van der Waals surface area contributed by atoms with Gasteiger partial charge in [0.1, 0.15) is 5.82 Å². The van der Waals surface area contributed by atoms with Crippen LogP contribution in [0.4, 0.5) is 15.8 Å². The zero-order chi connectivity index (χ0) is 19.1. The number of hydrogen-bond donors (Lipinski definition) is 3. The molecule has 0 saturated heterocycles. The van der Waals surface area contributed by atoms with Crippen molar-refractivity contribution in [3.05, 3.63) is 58.9 Å². The first-order valence-corrected chi connectivity index (χ1v) is 8.70. The number of nitrogens with one attached hydrogen (secondary N) is 3. The van der Waals surface area contributed by atoms with Gasteiger partial charge in [0, 0.05) is 10.7 Å². The summed E-state index contributed by atoms with van der Waals surface area (Å²) >= 11 is 5.68. The quantitative estimate of drug-likeness (QED) is 0.691. The summed E-state index contributed by atoms with van der Waals surface area (Å²) in [7, 11) is 1.73. The number of benzene rings is 2. The second-order valence-corrected chi connectivity index (χ2v) is 6.48. The third-order valence-corrected chi connectivity index (χ3v) is 4.04. The van der Waals surface area contributed by atoms with Crippen LogP contribution in [-0.4, -0.2) is 32.0 Å². The van der Waals surface area contributed by atoms with Gasteiger partial charge in [0.05, 0.1) is 12.7 Å². The van der Waals surface area contributed by atoms with Crippen LogP contribution in [0.5, 0.6) is 0 Å². The van der Waals surface area contributed by atoms with E-state index in [0.717, 1.165) is 23.7 Å². The Kier molecular flexibility index (Phi) is 7.12. The molecule has 0 aliphatic rings. The average Bonchev–Trinajstić information content (AvgIpc) is 2.57. The van der Waals surface area contributed by atoms with E-state index >= 15 is 0 Å². The molecular formula is C19H22ClFN3O2+. The molecule has 2 aromatic rings. The highest BCUT2D eigenvalue weighted by molar-refractivity contribution is 6.30. The van der Waals surface area contributed by atoms with Crippen molar-refractivity contribution < 1.29 is 18.9 Å². The maximum Gasteiger partial charge on any atom is 0.279 e. The fraction of sp³-hybridized carbons (Fsp3) is 0.263. The molecule has 138 valence electrons. The molecule has 1 atom stereocenters. The van der Waals surface area contributed by atoms with Gasteiger partial charge in [-0.25, -0.2) is 4.39 Å². The summed E-state index contributed by atoms with van der Waals surface area (Å²) in [6, 6.07) is 11.6. The Hall–Kier alpha value is -2.44. The highest BCUT2D eigenvalue weighted by atomic mass is 35.5. The highest BCUT2D eigenvalue weighted by Crippen LogP contribution is 2.18. The molecule has 0 spiro atoms. The van der Waals surface area contributed by atoms with Gasteiger partial charge in [-0.15, -0.1) is 0 Å². The fourth-order valence-corrected chi connectivity index (χ4v) is 2.70. The van der Waals surface area contributed by atoms with E-state index in [2.05, 4.69) is 10.6 Å². The molecule has 0 bridgehead atoms. The number of amides is 2. The van der Waals surface area contributed by atoms with E-state index in [1.54, 1.807) is 7.05 Å². The minimum atomic E-state index is -0.600. The Bertz CT molecular complexity index is 798. The van der Waals surface area contributed by atoms with E-state index in [1.165, 1.54) is 12.1 Å². The zero-order valence-electron chi connectivity index (χ0n) is 14.7. The Morgan fingerprint density at radius 2 is 1.65 bits per heavy atom. The third kappa shape index (κ3) is 5.82. The molecule has 2 amide bonds. The molecule has 0 heterocycles. The molecule has 0 aromatic heterocycles. The van der Waals surface area contributed by atoms with Crippen LogP contribution in [0.25, 0.3) is 0 Å². The van der Waals surface area contributed by atoms with E-state index in [1.807, 2.05) is 31.2 Å². The molecule has 0 radical (unpaired) electrons. The van der Waals surface area contributed by atoms with Crippen molar-refractivity contribution in [2.24, 2.45) is 0 Å². The molecule has 0 aliphatic heterocycles. The number of para-hydroxylation sites is 1. The number of carbonyl (C=O) groups excluding carboxylic acids is 2. The Morgan fingerprint density at radius 3 is 2.27 bits per heavy atom. The molecule has 7 heteroatoms. The van der Waals surface area contributed by atoms with Crippen LogP contribution < -0.4 is 15.5 Å². The summed E-state index contributed by atoms with van der Waals surface area (Å²) < 4.78 is 13.7. The van der Waals surface area contributed by atoms with Gasteiger partial charge in [-0.05, 0) is 36.2 Å². The van der Waals surface area contributed by atoms with E-state index in [-0.39, 0.29) is 35.6 Å². The lowest BCUT2D eigenvalue weighted by atomic mass is 10.1. The van der Waals surface area contributed by atoms with Gasteiger partial charge in [-0.2, -0.15) is 0 Å². The van der Waals surface area contributed by atoms with Crippen LogP contribution in [0.15, 0.2) is 42.5 Å². The molecule has 3 N–H and O–H groups in total. The van der Waals surface area contributed by atoms with Gasteiger partial charge in [-0.1, -0.05) is 36.7 Å². The summed E-state index contributed by atoms with van der Waals surface area (Å²) in [4.78, 5) is 24.9. The lowest BCUT2D eigenvalue weighted by Gasteiger charge is -2.15. The maximum atomic E-state index is 13.7. The minimum absolute atomic E-state index is 0.0326. The smallest absolute Gasteiger partial charge is 0.279 e. The minimum Gasteiger partial charge on any atom is -0.322 e. The van der Waals surface area contributed by atoms with E-state index < -0.39 is 5.82 Å². The number of likely N-dealkylation sites (N-methyl/N-ethyl adjacent to an activating group) is 1. The second-order valence-electron chi connectivity index (χ2n) is 6.04. The standard InChI is InChI=1S/C19H21ClFN3O2/c1-3-13-6-4-5-7-16(13)22-18(25)11-24(2)12-19(26)23-17-9-8-14(20)10-15(17)21/h4-10H,3,11-12H2,1-2H3,(H,22,25)(H,23,26)/p+1. The number of halogens is 2. The molecule has 1 unspecified atom stereocenters. The van der Waals surface area contributed by atoms with Crippen LogP contribution in [-0.2, 0) is 16.0 Å². The molecule has 0 fully saturated rings. The van der Waals surface area contributed by atoms with Gasteiger partial charge in [0.2, 0.25) is 0 Å². The van der Waals surface area contributed by atoms with Gasteiger partial charge >= 0.3 is 0 Å². The first-order chi connectivity index (χ1) is 12.4. The van der Waals surface area contributed by atoms with Crippen molar-refractivity contribution in [1.82, 2.24) is 0 Å². The number of anilines is 2. The molecule has 5 nitrogen and oxygen atoms in total. The molecule has 2 aromatic carbocycles. The van der Waals surface area contributed by atoms with Gasteiger partial charge in [0.15, 0.2) is 13.1 Å². The number of quaternary nitrogens is 1. The summed E-state index contributed by atoms with van der Waals surface area (Å²) in [5.74, 6) is -1.17. The fourth-order valence-electron chi connectivity index (χ4n) is 2.54. The predicted molar refractivity (Wildman–Crippen MR) is 101 cm³/mol. The van der Waals surface area contributed by atoms with Crippen LogP contribution in [0.2, 0.25) is 5.02 Å². The van der Waals surface area contributed by atoms with Crippen molar-refractivity contribution in [2.75, 3.05) is 30.8 Å². The van der Waals surface area contributed by atoms with Crippen LogP contribution >= 0.6 is 11.6 Å². The molecule has 0 saturated carbocycles. The van der Waals surface area contributed by atoms with E-state index in [0.29, 0.717) is 4.90 Å². The van der Waals surface area contributed by atoms with Crippen molar-refractivity contribution in [1.29, 1.82) is 0 Å². The summed E-state index contributed by atoms with van der Waals surface area (Å²) in [5.41, 5.74) is 1.89. The maximum absolute atomic E-state index is 13.7. The first kappa shape index (κ1) is 19.9. The zero-order valence-corrected chi connectivity index (χ0v) is 15.5. The van der Waals surface area contributed by atoms with Gasteiger partial charge < -0.3 is 15.5 Å². The lowest BCUT2D eigenvalue weighted by Crippen LogP contribution is -3.11. The normalized spacial score (nSPS) is 11.7. The highest BCUT2D eigenvalue weighted by Gasteiger charge is 2.16. The number of hydrogen-bond acceptors (Lipinski definition) is 2. The predicted octanol–water partition coefficient (Wildman–Crippen LogP) is 2.13. The van der Waals surface area contributed by atoms with Gasteiger partial charge in [0.25, 0.3) is 11.8 Å².